The van der Waals surface area contributed by atoms with Gasteiger partial charge in [0.2, 0.25) is 5.91 Å². The van der Waals surface area contributed by atoms with Crippen molar-refractivity contribution in [2.24, 2.45) is 5.73 Å². The summed E-state index contributed by atoms with van der Waals surface area (Å²) in [5, 5.41) is 12.7. The number of rotatable bonds is 3. The molecule has 4 N–H and O–H groups in total. The zero-order valence-corrected chi connectivity index (χ0v) is 10.9. The molecule has 0 aliphatic rings. The van der Waals surface area contributed by atoms with E-state index in [1.807, 2.05) is 0 Å². The number of aliphatic hydroxyl groups is 1. The summed E-state index contributed by atoms with van der Waals surface area (Å²) in [6.45, 7) is 2.84. The fourth-order valence-corrected chi connectivity index (χ4v) is 1.82. The van der Waals surface area contributed by atoms with E-state index in [-0.39, 0.29) is 12.5 Å². The number of hydrogen-bond donors (Lipinski definition) is 3. The van der Waals surface area contributed by atoms with Gasteiger partial charge in [0.1, 0.15) is 12.1 Å². The maximum absolute atomic E-state index is 11.8. The number of nitrogens with one attached hydrogen (secondary N) is 1. The van der Waals surface area contributed by atoms with Gasteiger partial charge in [-0.15, -0.1) is 11.3 Å². The first-order chi connectivity index (χ1) is 8.36. The molecule has 0 bridgehead atoms. The van der Waals surface area contributed by atoms with E-state index < -0.39 is 11.4 Å². The Morgan fingerprint density at radius 3 is 2.78 bits per heavy atom. The minimum absolute atomic E-state index is 0.228. The molecule has 6 heteroatoms. The molecule has 18 heavy (non-hydrogen) atoms. The van der Waals surface area contributed by atoms with E-state index in [1.54, 1.807) is 11.4 Å². The first-order valence-electron chi connectivity index (χ1n) is 5.17. The summed E-state index contributed by atoms with van der Waals surface area (Å²) in [6.07, 6.45) is 0. The molecule has 1 heterocycles. The summed E-state index contributed by atoms with van der Waals surface area (Å²) >= 11 is 1.29. The molecule has 0 unspecified atom stereocenters. The van der Waals surface area contributed by atoms with E-state index in [1.165, 1.54) is 25.2 Å². The summed E-state index contributed by atoms with van der Waals surface area (Å²) in [5.41, 5.74) is 4.48. The summed E-state index contributed by atoms with van der Waals surface area (Å²) in [4.78, 5) is 23.6. The highest BCUT2D eigenvalue weighted by atomic mass is 32.1. The third-order valence-electron chi connectivity index (χ3n) is 2.19. The predicted octanol–water partition coefficient (Wildman–Crippen LogP) is 0.0856. The average molecular weight is 266 g/mol. The Hall–Kier alpha value is -1.84. The predicted molar refractivity (Wildman–Crippen MR) is 69.0 cm³/mol. The molecule has 1 rings (SSSR count). The van der Waals surface area contributed by atoms with Crippen LogP contribution in [0.4, 0.5) is 0 Å². The molecule has 0 aliphatic carbocycles. The van der Waals surface area contributed by atoms with Crippen LogP contribution >= 0.6 is 11.3 Å². The number of primary amides is 1. The van der Waals surface area contributed by atoms with Gasteiger partial charge in [-0.05, 0) is 19.9 Å². The lowest BCUT2D eigenvalue weighted by molar-refractivity contribution is -0.122. The third kappa shape index (κ3) is 3.58. The highest BCUT2D eigenvalue weighted by Gasteiger charge is 2.27. The van der Waals surface area contributed by atoms with Crippen molar-refractivity contribution in [3.63, 3.8) is 0 Å². The van der Waals surface area contributed by atoms with Crippen molar-refractivity contribution in [2.45, 2.75) is 19.4 Å². The van der Waals surface area contributed by atoms with E-state index in [0.29, 0.717) is 10.4 Å². The normalized spacial score (nSPS) is 10.4. The molecule has 2 amide bonds. The average Bonchev–Trinajstić information content (AvgIpc) is 2.74. The Morgan fingerprint density at radius 1 is 1.56 bits per heavy atom. The van der Waals surface area contributed by atoms with Gasteiger partial charge in [-0.2, -0.15) is 0 Å². The molecule has 0 saturated heterocycles. The molecule has 0 saturated carbocycles. The Kier molecular flexibility index (Phi) is 4.48. The van der Waals surface area contributed by atoms with Crippen molar-refractivity contribution < 1.29 is 14.7 Å². The van der Waals surface area contributed by atoms with Crippen LogP contribution in [0.15, 0.2) is 11.4 Å². The summed E-state index contributed by atoms with van der Waals surface area (Å²) in [6, 6.07) is 1.60. The Balaban J connectivity index is 2.80. The minimum Gasteiger partial charge on any atom is -0.384 e. The topological polar surface area (TPSA) is 92.4 Å². The summed E-state index contributed by atoms with van der Waals surface area (Å²) < 4.78 is 0. The zero-order chi connectivity index (χ0) is 13.8. The second-order valence-corrected chi connectivity index (χ2v) is 5.01. The van der Waals surface area contributed by atoms with Gasteiger partial charge in [0, 0.05) is 5.38 Å². The number of carbonyl (C=O) groups is 2. The van der Waals surface area contributed by atoms with Crippen molar-refractivity contribution >= 4 is 23.2 Å². The fraction of sp³-hybridized carbons (Fsp3) is 0.333. The van der Waals surface area contributed by atoms with Crippen LogP contribution in [0.2, 0.25) is 0 Å². The van der Waals surface area contributed by atoms with Gasteiger partial charge in [0.15, 0.2) is 0 Å². The van der Waals surface area contributed by atoms with E-state index in [4.69, 9.17) is 10.8 Å². The van der Waals surface area contributed by atoms with Gasteiger partial charge < -0.3 is 16.2 Å². The van der Waals surface area contributed by atoms with E-state index in [2.05, 4.69) is 17.2 Å². The van der Waals surface area contributed by atoms with Crippen molar-refractivity contribution in [2.75, 3.05) is 6.61 Å². The molecular formula is C12H14N2O3S. The van der Waals surface area contributed by atoms with Gasteiger partial charge in [0.25, 0.3) is 5.91 Å². The van der Waals surface area contributed by atoms with Crippen molar-refractivity contribution in [3.05, 3.63) is 21.9 Å². The first kappa shape index (κ1) is 14.2. The SMILES string of the molecule is CC(C)(NC(=O)c1csc(C#CCO)c1)C(N)=O. The molecule has 1 aromatic heterocycles. The number of carbonyl (C=O) groups excluding carboxylic acids is 2. The van der Waals surface area contributed by atoms with Gasteiger partial charge in [-0.3, -0.25) is 9.59 Å². The van der Waals surface area contributed by atoms with Gasteiger partial charge in [-0.25, -0.2) is 0 Å². The maximum Gasteiger partial charge on any atom is 0.253 e. The summed E-state index contributed by atoms with van der Waals surface area (Å²) in [7, 11) is 0. The molecule has 96 valence electrons. The summed E-state index contributed by atoms with van der Waals surface area (Å²) in [5.74, 6) is 4.21. The molecule has 1 aromatic rings. The number of aliphatic hydroxyl groups excluding tert-OH is 1. The quantitative estimate of drug-likeness (QED) is 0.677. The second-order valence-electron chi connectivity index (χ2n) is 4.10. The van der Waals surface area contributed by atoms with Crippen LogP contribution in [0.5, 0.6) is 0 Å². The fourth-order valence-electron chi connectivity index (χ4n) is 1.07. The highest BCUT2D eigenvalue weighted by Crippen LogP contribution is 2.14. The molecule has 0 aliphatic heterocycles. The minimum atomic E-state index is -1.10. The van der Waals surface area contributed by atoms with E-state index in [0.717, 1.165) is 0 Å². The van der Waals surface area contributed by atoms with Crippen LogP contribution in [0.1, 0.15) is 29.1 Å². The lowest BCUT2D eigenvalue weighted by Crippen LogP contribution is -2.52. The van der Waals surface area contributed by atoms with Crippen LogP contribution in [0.25, 0.3) is 0 Å². The molecule has 0 radical (unpaired) electrons. The number of hydrogen-bond acceptors (Lipinski definition) is 4. The van der Waals surface area contributed by atoms with Crippen LogP contribution < -0.4 is 11.1 Å². The molecular weight excluding hydrogens is 252 g/mol. The maximum atomic E-state index is 11.8. The molecule has 0 fully saturated rings. The van der Waals surface area contributed by atoms with Crippen LogP contribution in [0.3, 0.4) is 0 Å². The first-order valence-corrected chi connectivity index (χ1v) is 6.05. The van der Waals surface area contributed by atoms with Crippen LogP contribution in [-0.2, 0) is 4.79 Å². The second kappa shape index (κ2) is 5.67. The standard InChI is InChI=1S/C12H14N2O3S/c1-12(2,11(13)17)14-10(16)8-6-9(18-7-8)4-3-5-15/h6-7,15H,5H2,1-2H3,(H2,13,17)(H,14,16). The van der Waals surface area contributed by atoms with Crippen LogP contribution in [-0.4, -0.2) is 29.1 Å². The Bertz CT molecular complexity index is 523. The number of nitrogens with two attached hydrogens (primary N) is 1. The van der Waals surface area contributed by atoms with Gasteiger partial charge in [0.05, 0.1) is 10.4 Å². The molecule has 5 nitrogen and oxygen atoms in total. The lowest BCUT2D eigenvalue weighted by atomic mass is 10.0. The van der Waals surface area contributed by atoms with E-state index in [9.17, 15) is 9.59 Å². The Labute approximate surface area is 109 Å². The Morgan fingerprint density at radius 2 is 2.22 bits per heavy atom. The monoisotopic (exact) mass is 266 g/mol. The number of thiophene rings is 1. The zero-order valence-electron chi connectivity index (χ0n) is 10.1. The van der Waals surface area contributed by atoms with Gasteiger partial charge >= 0.3 is 0 Å². The van der Waals surface area contributed by atoms with Crippen molar-refractivity contribution in [1.29, 1.82) is 0 Å². The lowest BCUT2D eigenvalue weighted by Gasteiger charge is -2.21. The smallest absolute Gasteiger partial charge is 0.253 e. The molecule has 0 spiro atoms. The number of amides is 2. The van der Waals surface area contributed by atoms with Crippen molar-refractivity contribution in [3.8, 4) is 11.8 Å². The van der Waals surface area contributed by atoms with Crippen molar-refractivity contribution in [1.82, 2.24) is 5.32 Å². The van der Waals surface area contributed by atoms with Crippen LogP contribution in [0, 0.1) is 11.8 Å². The molecule has 0 atom stereocenters. The largest absolute Gasteiger partial charge is 0.384 e. The molecule has 0 aromatic carbocycles. The van der Waals surface area contributed by atoms with E-state index >= 15 is 0 Å². The van der Waals surface area contributed by atoms with Gasteiger partial charge in [-0.1, -0.05) is 11.8 Å². The highest BCUT2D eigenvalue weighted by molar-refractivity contribution is 7.10. The third-order valence-corrected chi connectivity index (χ3v) is 3.04.